The quantitative estimate of drug-likeness (QED) is 0.663. The number of carbonyl (C=O) groups excluding carboxylic acids is 1. The Morgan fingerprint density at radius 2 is 2.52 bits per heavy atom. The second-order valence-corrected chi connectivity index (χ2v) is 5.86. The van der Waals surface area contributed by atoms with Crippen molar-refractivity contribution in [2.45, 2.75) is 19.1 Å². The largest absolute Gasteiger partial charge is 0.445 e. The smallest absolute Gasteiger partial charge is 0.413 e. The van der Waals surface area contributed by atoms with E-state index in [1.54, 1.807) is 0 Å². The maximum Gasteiger partial charge on any atom is 0.413 e. The SMILES string of the molecule is C=CCOC(=O)Nc1nc2c(s1)CCN(C[C@@H](O)CN)C2. The fraction of sp³-hybridized carbons (Fsp3) is 0.538. The molecule has 0 fully saturated rings. The Hall–Kier alpha value is -1.48. The van der Waals surface area contributed by atoms with E-state index in [1.807, 2.05) is 0 Å². The van der Waals surface area contributed by atoms with Crippen molar-refractivity contribution in [3.8, 4) is 0 Å². The average Bonchev–Trinajstić information content (AvgIpc) is 2.86. The molecule has 4 N–H and O–H groups in total. The summed E-state index contributed by atoms with van der Waals surface area (Å²) in [5.74, 6) is 0. The predicted molar refractivity (Wildman–Crippen MR) is 81.3 cm³/mol. The van der Waals surface area contributed by atoms with Gasteiger partial charge in [0.25, 0.3) is 0 Å². The minimum atomic E-state index is -0.531. The van der Waals surface area contributed by atoms with E-state index >= 15 is 0 Å². The number of β-amino-alcohol motifs (C(OH)–C–C–N with tert-alkyl or cyclic N) is 1. The van der Waals surface area contributed by atoms with Crippen LogP contribution in [-0.4, -0.2) is 53.4 Å². The molecule has 8 heteroatoms. The number of aromatic nitrogens is 1. The van der Waals surface area contributed by atoms with E-state index in [-0.39, 0.29) is 13.2 Å². The van der Waals surface area contributed by atoms with Crippen molar-refractivity contribution >= 4 is 22.6 Å². The van der Waals surface area contributed by atoms with Crippen LogP contribution in [0.2, 0.25) is 0 Å². The number of amides is 1. The first-order chi connectivity index (χ1) is 10.1. The lowest BCUT2D eigenvalue weighted by Crippen LogP contribution is -2.39. The third-order valence-electron chi connectivity index (χ3n) is 3.09. The molecule has 1 amide bonds. The molecule has 0 unspecified atom stereocenters. The van der Waals surface area contributed by atoms with Gasteiger partial charge in [0.1, 0.15) is 6.61 Å². The summed E-state index contributed by atoms with van der Waals surface area (Å²) in [5.41, 5.74) is 6.36. The highest BCUT2D eigenvalue weighted by Crippen LogP contribution is 2.28. The molecule has 0 saturated carbocycles. The van der Waals surface area contributed by atoms with Gasteiger partial charge < -0.3 is 15.6 Å². The van der Waals surface area contributed by atoms with Crippen molar-refractivity contribution in [1.29, 1.82) is 0 Å². The number of ether oxygens (including phenoxy) is 1. The van der Waals surface area contributed by atoms with Crippen LogP contribution in [0.5, 0.6) is 0 Å². The fourth-order valence-electron chi connectivity index (χ4n) is 2.09. The number of carbonyl (C=O) groups is 1. The van der Waals surface area contributed by atoms with Gasteiger partial charge in [0.2, 0.25) is 0 Å². The molecule has 1 aliphatic heterocycles. The maximum absolute atomic E-state index is 11.5. The van der Waals surface area contributed by atoms with E-state index in [9.17, 15) is 9.90 Å². The van der Waals surface area contributed by atoms with E-state index in [0.717, 1.165) is 23.5 Å². The first-order valence-electron chi connectivity index (χ1n) is 6.76. The standard InChI is InChI=1S/C13H20N4O3S/c1-2-5-20-13(19)16-12-15-10-8-17(7-9(18)6-14)4-3-11(10)21-12/h2,9,18H,1,3-8,14H2,(H,15,16,19)/t9-/m0/s1. The van der Waals surface area contributed by atoms with Crippen LogP contribution in [0, 0.1) is 0 Å². The third-order valence-corrected chi connectivity index (χ3v) is 4.16. The van der Waals surface area contributed by atoms with Gasteiger partial charge in [0.15, 0.2) is 5.13 Å². The van der Waals surface area contributed by atoms with Crippen LogP contribution >= 0.6 is 11.3 Å². The lowest BCUT2D eigenvalue weighted by molar-refractivity contribution is 0.111. The molecule has 116 valence electrons. The van der Waals surface area contributed by atoms with E-state index < -0.39 is 12.2 Å². The van der Waals surface area contributed by atoms with Crippen molar-refractivity contribution in [3.63, 3.8) is 0 Å². The molecule has 0 aromatic carbocycles. The van der Waals surface area contributed by atoms with E-state index in [2.05, 4.69) is 21.8 Å². The normalized spacial score (nSPS) is 16.1. The number of aliphatic hydroxyl groups excluding tert-OH is 1. The molecule has 1 aliphatic rings. The number of aliphatic hydroxyl groups is 1. The molecule has 0 aliphatic carbocycles. The van der Waals surface area contributed by atoms with Crippen LogP contribution in [-0.2, 0) is 17.7 Å². The van der Waals surface area contributed by atoms with Crippen molar-refractivity contribution in [3.05, 3.63) is 23.2 Å². The third kappa shape index (κ3) is 4.50. The summed E-state index contributed by atoms with van der Waals surface area (Å²) >= 11 is 1.46. The number of hydrogen-bond donors (Lipinski definition) is 3. The maximum atomic E-state index is 11.5. The van der Waals surface area contributed by atoms with Gasteiger partial charge in [-0.25, -0.2) is 9.78 Å². The lowest BCUT2D eigenvalue weighted by Gasteiger charge is -2.27. The molecule has 0 bridgehead atoms. The summed E-state index contributed by atoms with van der Waals surface area (Å²) < 4.78 is 4.86. The Balaban J connectivity index is 1.92. The van der Waals surface area contributed by atoms with Crippen LogP contribution in [0.4, 0.5) is 9.93 Å². The number of fused-ring (bicyclic) bond motifs is 1. The molecule has 7 nitrogen and oxygen atoms in total. The van der Waals surface area contributed by atoms with Crippen LogP contribution in [0.3, 0.4) is 0 Å². The van der Waals surface area contributed by atoms with Crippen molar-refractivity contribution in [1.82, 2.24) is 9.88 Å². The van der Waals surface area contributed by atoms with Crippen molar-refractivity contribution in [2.24, 2.45) is 5.73 Å². The summed E-state index contributed by atoms with van der Waals surface area (Å²) in [4.78, 5) is 19.1. The van der Waals surface area contributed by atoms with Gasteiger partial charge in [0.05, 0.1) is 11.8 Å². The number of nitrogens with one attached hydrogen (secondary N) is 1. The van der Waals surface area contributed by atoms with Gasteiger partial charge in [0, 0.05) is 31.1 Å². The van der Waals surface area contributed by atoms with Gasteiger partial charge in [-0.1, -0.05) is 12.7 Å². The highest BCUT2D eigenvalue weighted by atomic mass is 32.1. The Morgan fingerprint density at radius 1 is 1.71 bits per heavy atom. The van der Waals surface area contributed by atoms with Crippen LogP contribution in [0.25, 0.3) is 0 Å². The summed E-state index contributed by atoms with van der Waals surface area (Å²) in [5, 5.41) is 12.7. The zero-order chi connectivity index (χ0) is 15.2. The minimum absolute atomic E-state index is 0.168. The molecule has 0 radical (unpaired) electrons. The number of rotatable bonds is 6. The van der Waals surface area contributed by atoms with E-state index in [1.165, 1.54) is 17.4 Å². The van der Waals surface area contributed by atoms with Gasteiger partial charge in [-0.2, -0.15) is 0 Å². The highest BCUT2D eigenvalue weighted by molar-refractivity contribution is 7.15. The number of nitrogens with two attached hydrogens (primary N) is 1. The van der Waals surface area contributed by atoms with Gasteiger partial charge in [-0.3, -0.25) is 10.2 Å². The lowest BCUT2D eigenvalue weighted by atomic mass is 10.1. The number of nitrogens with zero attached hydrogens (tertiary/aromatic N) is 2. The highest BCUT2D eigenvalue weighted by Gasteiger charge is 2.22. The molecule has 2 heterocycles. The fourth-order valence-corrected chi connectivity index (χ4v) is 3.04. The number of thiazole rings is 1. The Labute approximate surface area is 127 Å². The molecule has 2 rings (SSSR count). The molecule has 0 spiro atoms. The van der Waals surface area contributed by atoms with E-state index in [4.69, 9.17) is 10.5 Å². The molecule has 1 atom stereocenters. The second-order valence-electron chi connectivity index (χ2n) is 4.78. The van der Waals surface area contributed by atoms with Gasteiger partial charge in [-0.05, 0) is 6.42 Å². The summed E-state index contributed by atoms with van der Waals surface area (Å²) in [7, 11) is 0. The minimum Gasteiger partial charge on any atom is -0.445 e. The number of hydrogen-bond acceptors (Lipinski definition) is 7. The second kappa shape index (κ2) is 7.51. The summed E-state index contributed by atoms with van der Waals surface area (Å²) in [6.07, 6.45) is 1.31. The molecular weight excluding hydrogens is 292 g/mol. The average molecular weight is 312 g/mol. The van der Waals surface area contributed by atoms with E-state index in [0.29, 0.717) is 18.2 Å². The van der Waals surface area contributed by atoms with Crippen molar-refractivity contribution in [2.75, 3.05) is 31.6 Å². The topological polar surface area (TPSA) is 101 Å². The Kier molecular flexibility index (Phi) is 5.68. The zero-order valence-corrected chi connectivity index (χ0v) is 12.6. The summed E-state index contributed by atoms with van der Waals surface area (Å²) in [6, 6.07) is 0. The van der Waals surface area contributed by atoms with Gasteiger partial charge in [-0.15, -0.1) is 11.3 Å². The molecule has 1 aromatic heterocycles. The Bertz CT molecular complexity index is 506. The van der Waals surface area contributed by atoms with Crippen LogP contribution < -0.4 is 11.1 Å². The first-order valence-corrected chi connectivity index (χ1v) is 7.57. The molecular formula is C13H20N4O3S. The first kappa shape index (κ1) is 15.9. The Morgan fingerprint density at radius 3 is 3.24 bits per heavy atom. The van der Waals surface area contributed by atoms with Crippen molar-refractivity contribution < 1.29 is 14.6 Å². The van der Waals surface area contributed by atoms with Crippen LogP contribution in [0.15, 0.2) is 12.7 Å². The number of anilines is 1. The monoisotopic (exact) mass is 312 g/mol. The van der Waals surface area contributed by atoms with Gasteiger partial charge >= 0.3 is 6.09 Å². The van der Waals surface area contributed by atoms with Crippen LogP contribution in [0.1, 0.15) is 10.6 Å². The molecule has 0 saturated heterocycles. The zero-order valence-electron chi connectivity index (χ0n) is 11.7. The molecule has 21 heavy (non-hydrogen) atoms. The predicted octanol–water partition coefficient (Wildman–Crippen LogP) is 0.555. The molecule has 1 aromatic rings. The summed E-state index contributed by atoms with van der Waals surface area (Å²) in [6.45, 7) is 5.95.